The number of unbranched alkanes of at least 4 members (excludes halogenated alkanes) is 2. The Morgan fingerprint density at radius 2 is 2.07 bits per heavy atom. The first-order valence-electron chi connectivity index (χ1n) is 5.25. The zero-order valence-electron chi connectivity index (χ0n) is 9.21. The minimum atomic E-state index is -0.0357. The number of nitrogens with two attached hydrogens (primary N) is 1. The van der Waals surface area contributed by atoms with Crippen molar-refractivity contribution >= 4 is 5.91 Å². The third-order valence-electron chi connectivity index (χ3n) is 1.75. The Bertz CT molecular complexity index is 149. The van der Waals surface area contributed by atoms with Crippen molar-refractivity contribution in [3.63, 3.8) is 0 Å². The highest BCUT2D eigenvalue weighted by molar-refractivity contribution is 5.77. The maximum atomic E-state index is 11.1. The molecule has 0 aromatic carbocycles. The van der Waals surface area contributed by atoms with E-state index in [4.69, 9.17) is 10.5 Å². The second-order valence-electron chi connectivity index (χ2n) is 3.56. The summed E-state index contributed by atoms with van der Waals surface area (Å²) in [4.78, 5) is 11.1. The summed E-state index contributed by atoms with van der Waals surface area (Å²) < 4.78 is 5.15. The average Bonchev–Trinajstić information content (AvgIpc) is 2.14. The highest BCUT2D eigenvalue weighted by Crippen LogP contribution is 1.91. The van der Waals surface area contributed by atoms with E-state index >= 15 is 0 Å². The molecule has 14 heavy (non-hydrogen) atoms. The van der Waals surface area contributed by atoms with Crippen molar-refractivity contribution in [3.05, 3.63) is 0 Å². The summed E-state index contributed by atoms with van der Waals surface area (Å²) in [6.45, 7) is 5.43. The van der Waals surface area contributed by atoms with Gasteiger partial charge in [0.1, 0.15) is 6.61 Å². The highest BCUT2D eigenvalue weighted by Gasteiger charge is 2.01. The van der Waals surface area contributed by atoms with Crippen molar-refractivity contribution in [1.29, 1.82) is 0 Å². The molecule has 1 amide bonds. The second kappa shape index (κ2) is 8.97. The van der Waals surface area contributed by atoms with Gasteiger partial charge in [0.15, 0.2) is 0 Å². The van der Waals surface area contributed by atoms with Gasteiger partial charge in [0, 0.05) is 6.54 Å². The zero-order chi connectivity index (χ0) is 10.8. The smallest absolute Gasteiger partial charge is 0.246 e. The Kier molecular flexibility index (Phi) is 8.57. The molecule has 0 heterocycles. The van der Waals surface area contributed by atoms with Crippen LogP contribution < -0.4 is 11.1 Å². The number of ether oxygens (including phenoxy) is 1. The lowest BCUT2D eigenvalue weighted by molar-refractivity contribution is -0.127. The van der Waals surface area contributed by atoms with Gasteiger partial charge in [-0.05, 0) is 33.2 Å². The summed E-state index contributed by atoms with van der Waals surface area (Å²) in [5.41, 5.74) is 5.34. The summed E-state index contributed by atoms with van der Waals surface area (Å²) in [5, 5.41) is 2.79. The molecule has 3 N–H and O–H groups in total. The van der Waals surface area contributed by atoms with E-state index in [1.807, 2.05) is 13.8 Å². The predicted octanol–water partition coefficient (Wildman–Crippen LogP) is 0.657. The van der Waals surface area contributed by atoms with Gasteiger partial charge in [-0.3, -0.25) is 4.79 Å². The first kappa shape index (κ1) is 13.4. The van der Waals surface area contributed by atoms with E-state index in [1.165, 1.54) is 0 Å². The second-order valence-corrected chi connectivity index (χ2v) is 3.56. The van der Waals surface area contributed by atoms with Crippen molar-refractivity contribution in [2.75, 3.05) is 19.7 Å². The number of nitrogens with one attached hydrogen (secondary N) is 1. The fraction of sp³-hybridized carbons (Fsp3) is 0.900. The summed E-state index contributed by atoms with van der Waals surface area (Å²) in [6, 6.07) is 0. The van der Waals surface area contributed by atoms with Crippen LogP contribution in [0.2, 0.25) is 0 Å². The van der Waals surface area contributed by atoms with Crippen LogP contribution in [0.15, 0.2) is 0 Å². The molecule has 0 spiro atoms. The number of hydrogen-bond donors (Lipinski definition) is 2. The standard InChI is InChI=1S/C10H22N2O2/c1-9(2)14-8-10(13)12-7-5-3-4-6-11/h9H,3-8,11H2,1-2H3,(H,12,13). The Hall–Kier alpha value is -0.610. The lowest BCUT2D eigenvalue weighted by Gasteiger charge is -2.07. The number of carbonyl (C=O) groups excluding carboxylic acids is 1. The summed E-state index contributed by atoms with van der Waals surface area (Å²) in [5.74, 6) is -0.0357. The van der Waals surface area contributed by atoms with Crippen LogP contribution in [0.3, 0.4) is 0 Å². The van der Waals surface area contributed by atoms with Crippen LogP contribution in [-0.4, -0.2) is 31.7 Å². The molecule has 0 fully saturated rings. The quantitative estimate of drug-likeness (QED) is 0.568. The first-order chi connectivity index (χ1) is 6.66. The largest absolute Gasteiger partial charge is 0.369 e. The van der Waals surface area contributed by atoms with E-state index in [1.54, 1.807) is 0 Å². The van der Waals surface area contributed by atoms with Crippen molar-refractivity contribution in [1.82, 2.24) is 5.32 Å². The average molecular weight is 202 g/mol. The Labute approximate surface area is 86.2 Å². The van der Waals surface area contributed by atoms with Crippen LogP contribution in [0.4, 0.5) is 0 Å². The molecule has 0 saturated carbocycles. The molecule has 0 unspecified atom stereocenters. The maximum absolute atomic E-state index is 11.1. The van der Waals surface area contributed by atoms with Gasteiger partial charge >= 0.3 is 0 Å². The van der Waals surface area contributed by atoms with E-state index < -0.39 is 0 Å². The van der Waals surface area contributed by atoms with Crippen LogP contribution in [0.1, 0.15) is 33.1 Å². The summed E-state index contributed by atoms with van der Waals surface area (Å²) in [6.07, 6.45) is 3.20. The minimum absolute atomic E-state index is 0.0357. The van der Waals surface area contributed by atoms with E-state index in [2.05, 4.69) is 5.32 Å². The van der Waals surface area contributed by atoms with Gasteiger partial charge in [-0.15, -0.1) is 0 Å². The molecule has 0 aromatic rings. The van der Waals surface area contributed by atoms with Crippen molar-refractivity contribution in [2.24, 2.45) is 5.73 Å². The summed E-state index contributed by atoms with van der Waals surface area (Å²) in [7, 11) is 0. The molecule has 0 aliphatic heterocycles. The molecule has 0 atom stereocenters. The predicted molar refractivity (Wildman–Crippen MR) is 57.0 cm³/mol. The molecule has 4 heteroatoms. The number of rotatable bonds is 8. The van der Waals surface area contributed by atoms with Crippen molar-refractivity contribution < 1.29 is 9.53 Å². The molecule has 0 radical (unpaired) electrons. The molecule has 4 nitrogen and oxygen atoms in total. The number of hydrogen-bond acceptors (Lipinski definition) is 3. The number of amides is 1. The lowest BCUT2D eigenvalue weighted by Crippen LogP contribution is -2.29. The Balaban J connectivity index is 3.18. The molecular formula is C10H22N2O2. The Morgan fingerprint density at radius 3 is 2.64 bits per heavy atom. The van der Waals surface area contributed by atoms with Gasteiger partial charge in [0.2, 0.25) is 5.91 Å². The monoisotopic (exact) mass is 202 g/mol. The van der Waals surface area contributed by atoms with Gasteiger partial charge in [-0.25, -0.2) is 0 Å². The van der Waals surface area contributed by atoms with Crippen molar-refractivity contribution in [3.8, 4) is 0 Å². The molecule has 0 aliphatic rings. The molecule has 0 bridgehead atoms. The van der Waals surface area contributed by atoms with Gasteiger partial charge in [0.25, 0.3) is 0 Å². The fourth-order valence-electron chi connectivity index (χ4n) is 0.967. The van der Waals surface area contributed by atoms with Crippen LogP contribution in [0.25, 0.3) is 0 Å². The third-order valence-corrected chi connectivity index (χ3v) is 1.75. The maximum Gasteiger partial charge on any atom is 0.246 e. The molecule has 0 saturated heterocycles. The van der Waals surface area contributed by atoms with Gasteiger partial charge in [-0.2, -0.15) is 0 Å². The third kappa shape index (κ3) is 9.48. The molecule has 0 aromatic heterocycles. The van der Waals surface area contributed by atoms with E-state index in [0.29, 0.717) is 0 Å². The lowest BCUT2D eigenvalue weighted by atomic mass is 10.2. The minimum Gasteiger partial charge on any atom is -0.369 e. The molecule has 0 rings (SSSR count). The van der Waals surface area contributed by atoms with Crippen LogP contribution in [0.5, 0.6) is 0 Å². The fourth-order valence-corrected chi connectivity index (χ4v) is 0.967. The van der Waals surface area contributed by atoms with Gasteiger partial charge in [-0.1, -0.05) is 6.42 Å². The van der Waals surface area contributed by atoms with E-state index in [9.17, 15) is 4.79 Å². The highest BCUT2D eigenvalue weighted by atomic mass is 16.5. The molecular weight excluding hydrogens is 180 g/mol. The topological polar surface area (TPSA) is 64.3 Å². The van der Waals surface area contributed by atoms with Gasteiger partial charge in [0.05, 0.1) is 6.10 Å². The molecule has 84 valence electrons. The van der Waals surface area contributed by atoms with E-state index in [0.717, 1.165) is 32.4 Å². The first-order valence-corrected chi connectivity index (χ1v) is 5.25. The zero-order valence-corrected chi connectivity index (χ0v) is 9.21. The normalized spacial score (nSPS) is 10.6. The van der Waals surface area contributed by atoms with Crippen LogP contribution in [-0.2, 0) is 9.53 Å². The number of carbonyl (C=O) groups is 1. The van der Waals surface area contributed by atoms with Crippen molar-refractivity contribution in [2.45, 2.75) is 39.2 Å². The van der Waals surface area contributed by atoms with E-state index in [-0.39, 0.29) is 18.6 Å². The van der Waals surface area contributed by atoms with Crippen LogP contribution in [0, 0.1) is 0 Å². The summed E-state index contributed by atoms with van der Waals surface area (Å²) >= 11 is 0. The Morgan fingerprint density at radius 1 is 1.36 bits per heavy atom. The molecule has 0 aliphatic carbocycles. The SMILES string of the molecule is CC(C)OCC(=O)NCCCCCN. The van der Waals surface area contributed by atoms with Gasteiger partial charge < -0.3 is 15.8 Å². The van der Waals surface area contributed by atoms with Crippen LogP contribution >= 0.6 is 0 Å².